The first-order valence-electron chi connectivity index (χ1n) is 9.98. The molecular formula is C19H27N5O2S. The molecule has 0 saturated heterocycles. The Labute approximate surface area is 160 Å². The first-order valence-corrected chi connectivity index (χ1v) is 11.5. The Morgan fingerprint density at radius 1 is 1.19 bits per heavy atom. The topological polar surface area (TPSA) is 91.0 Å². The van der Waals surface area contributed by atoms with Gasteiger partial charge in [0, 0.05) is 25.3 Å². The zero-order chi connectivity index (χ0) is 18.6. The molecule has 3 aliphatic carbocycles. The normalized spacial score (nSPS) is 31.1. The largest absolute Gasteiger partial charge is 0.356 e. The molecular weight excluding hydrogens is 362 g/mol. The van der Waals surface area contributed by atoms with Crippen molar-refractivity contribution in [2.45, 2.75) is 68.7 Å². The van der Waals surface area contributed by atoms with Crippen molar-refractivity contribution in [3.05, 3.63) is 18.6 Å². The minimum atomic E-state index is -3.15. The quantitative estimate of drug-likeness (QED) is 0.820. The maximum atomic E-state index is 12.6. The van der Waals surface area contributed by atoms with Crippen molar-refractivity contribution < 1.29 is 8.42 Å². The van der Waals surface area contributed by atoms with Crippen LogP contribution in [0.5, 0.6) is 0 Å². The number of aromatic amines is 1. The molecule has 0 atom stereocenters. The van der Waals surface area contributed by atoms with Crippen molar-refractivity contribution in [3.8, 4) is 0 Å². The summed E-state index contributed by atoms with van der Waals surface area (Å²) in [5.74, 6) is 0.951. The molecule has 0 unspecified atom stereocenters. The lowest BCUT2D eigenvalue weighted by Crippen LogP contribution is -2.60. The Morgan fingerprint density at radius 3 is 2.67 bits per heavy atom. The fourth-order valence-corrected chi connectivity index (χ4v) is 7.40. The minimum Gasteiger partial charge on any atom is -0.356 e. The van der Waals surface area contributed by atoms with Crippen LogP contribution in [0.15, 0.2) is 18.6 Å². The Bertz CT molecular complexity index is 936. The maximum absolute atomic E-state index is 12.6. The molecule has 2 aromatic heterocycles. The summed E-state index contributed by atoms with van der Waals surface area (Å²) in [4.78, 5) is 14.1. The summed E-state index contributed by atoms with van der Waals surface area (Å²) in [6.07, 6.45) is 11.5. The van der Waals surface area contributed by atoms with E-state index < -0.39 is 10.0 Å². The fraction of sp³-hybridized carbons (Fsp3) is 0.684. The number of hydrogen-bond donors (Lipinski definition) is 2. The van der Waals surface area contributed by atoms with E-state index in [0.29, 0.717) is 6.04 Å². The van der Waals surface area contributed by atoms with Gasteiger partial charge in [0.05, 0.1) is 10.6 Å². The molecule has 3 fully saturated rings. The smallest absolute Gasteiger partial charge is 0.214 e. The van der Waals surface area contributed by atoms with Crippen LogP contribution in [0.4, 0.5) is 5.82 Å². The van der Waals surface area contributed by atoms with Crippen molar-refractivity contribution in [2.24, 2.45) is 5.41 Å². The molecule has 7 nitrogen and oxygen atoms in total. The van der Waals surface area contributed by atoms with Gasteiger partial charge in [-0.2, -0.15) is 0 Å². The van der Waals surface area contributed by atoms with Gasteiger partial charge in [0.15, 0.2) is 0 Å². The number of H-pyrrole nitrogens is 1. The van der Waals surface area contributed by atoms with Crippen molar-refractivity contribution in [2.75, 3.05) is 11.9 Å². The molecule has 2 aromatic rings. The molecule has 8 heteroatoms. The number of hydrogen-bond acceptors (Lipinski definition) is 5. The van der Waals surface area contributed by atoms with Gasteiger partial charge < -0.3 is 9.88 Å². The van der Waals surface area contributed by atoms with E-state index >= 15 is 0 Å². The summed E-state index contributed by atoms with van der Waals surface area (Å²) in [6.45, 7) is 0. The van der Waals surface area contributed by atoms with Crippen molar-refractivity contribution in [1.29, 1.82) is 0 Å². The maximum Gasteiger partial charge on any atom is 0.214 e. The van der Waals surface area contributed by atoms with Gasteiger partial charge >= 0.3 is 0 Å². The lowest BCUT2D eigenvalue weighted by Gasteiger charge is -2.59. The SMILES string of the molecule is CN(c1ncnc2[nH]ccc12)C1CC2(C1)CC(S(=O)(=O)NC1CCCC1)C2. The number of aromatic nitrogens is 3. The van der Waals surface area contributed by atoms with Crippen molar-refractivity contribution in [3.63, 3.8) is 0 Å². The lowest BCUT2D eigenvalue weighted by molar-refractivity contribution is 0.0134. The van der Waals surface area contributed by atoms with Crippen LogP contribution in [0.1, 0.15) is 51.4 Å². The molecule has 3 aliphatic rings. The van der Waals surface area contributed by atoms with Crippen LogP contribution in [0.25, 0.3) is 11.0 Å². The van der Waals surface area contributed by atoms with Crippen LogP contribution in [0, 0.1) is 5.41 Å². The molecule has 2 heterocycles. The highest BCUT2D eigenvalue weighted by atomic mass is 32.2. The van der Waals surface area contributed by atoms with Crippen molar-refractivity contribution in [1.82, 2.24) is 19.7 Å². The first kappa shape index (κ1) is 17.4. The number of nitrogens with zero attached hydrogens (tertiary/aromatic N) is 3. The number of rotatable bonds is 5. The molecule has 3 saturated carbocycles. The Morgan fingerprint density at radius 2 is 1.93 bits per heavy atom. The van der Waals surface area contributed by atoms with Crippen LogP contribution >= 0.6 is 0 Å². The van der Waals surface area contributed by atoms with E-state index in [1.165, 1.54) is 0 Å². The molecule has 27 heavy (non-hydrogen) atoms. The number of anilines is 1. The van der Waals surface area contributed by atoms with E-state index in [0.717, 1.165) is 68.2 Å². The highest BCUT2D eigenvalue weighted by Crippen LogP contribution is 2.59. The molecule has 0 bridgehead atoms. The second-order valence-electron chi connectivity index (χ2n) is 8.78. The summed E-state index contributed by atoms with van der Waals surface area (Å²) < 4.78 is 28.2. The van der Waals surface area contributed by atoms with Gasteiger partial charge in [-0.1, -0.05) is 12.8 Å². The first-order chi connectivity index (χ1) is 13.0. The van der Waals surface area contributed by atoms with Crippen LogP contribution in [-0.2, 0) is 10.0 Å². The van der Waals surface area contributed by atoms with Gasteiger partial charge in [-0.25, -0.2) is 23.1 Å². The van der Waals surface area contributed by atoms with Gasteiger partial charge in [-0.15, -0.1) is 0 Å². The molecule has 0 aromatic carbocycles. The Hall–Kier alpha value is -1.67. The predicted octanol–water partition coefficient (Wildman–Crippen LogP) is 2.57. The van der Waals surface area contributed by atoms with Crippen molar-refractivity contribution >= 4 is 26.9 Å². The fourth-order valence-electron chi connectivity index (χ4n) is 5.36. The number of sulfonamides is 1. The van der Waals surface area contributed by atoms with Gasteiger partial charge in [0.25, 0.3) is 0 Å². The average molecular weight is 390 g/mol. The summed E-state index contributed by atoms with van der Waals surface area (Å²) >= 11 is 0. The molecule has 0 radical (unpaired) electrons. The monoisotopic (exact) mass is 389 g/mol. The molecule has 1 spiro atoms. The zero-order valence-electron chi connectivity index (χ0n) is 15.7. The van der Waals surface area contributed by atoms with E-state index in [1.54, 1.807) is 6.33 Å². The summed E-state index contributed by atoms with van der Waals surface area (Å²) in [7, 11) is -1.07. The zero-order valence-corrected chi connectivity index (χ0v) is 16.5. The highest BCUT2D eigenvalue weighted by molar-refractivity contribution is 7.90. The van der Waals surface area contributed by atoms with Crippen LogP contribution in [0.2, 0.25) is 0 Å². The summed E-state index contributed by atoms with van der Waals surface area (Å²) in [5, 5.41) is 0.843. The number of nitrogens with one attached hydrogen (secondary N) is 2. The predicted molar refractivity (Wildman–Crippen MR) is 105 cm³/mol. The third-order valence-electron chi connectivity index (χ3n) is 7.00. The summed E-state index contributed by atoms with van der Waals surface area (Å²) in [6, 6.07) is 2.61. The average Bonchev–Trinajstić information content (AvgIpc) is 3.21. The second kappa shape index (κ2) is 6.17. The molecule has 0 aliphatic heterocycles. The van der Waals surface area contributed by atoms with E-state index in [4.69, 9.17) is 0 Å². The van der Waals surface area contributed by atoms with Gasteiger partial charge in [-0.05, 0) is 50.0 Å². The van der Waals surface area contributed by atoms with E-state index in [9.17, 15) is 8.42 Å². The van der Waals surface area contributed by atoms with Crippen LogP contribution in [0.3, 0.4) is 0 Å². The van der Waals surface area contributed by atoms with Gasteiger partial charge in [-0.3, -0.25) is 0 Å². The third kappa shape index (κ3) is 2.93. The second-order valence-corrected chi connectivity index (χ2v) is 10.8. The Balaban J connectivity index is 1.20. The highest BCUT2D eigenvalue weighted by Gasteiger charge is 2.57. The summed E-state index contributed by atoms with van der Waals surface area (Å²) in [5.41, 5.74) is 1.08. The molecule has 146 valence electrons. The lowest BCUT2D eigenvalue weighted by atomic mass is 9.53. The van der Waals surface area contributed by atoms with E-state index in [2.05, 4.69) is 31.6 Å². The molecule has 5 rings (SSSR count). The Kier molecular flexibility index (Phi) is 3.98. The van der Waals surface area contributed by atoms with Gasteiger partial charge in [0.1, 0.15) is 17.8 Å². The molecule has 2 N–H and O–H groups in total. The number of fused-ring (bicyclic) bond motifs is 1. The molecule has 0 amide bonds. The van der Waals surface area contributed by atoms with Crippen LogP contribution < -0.4 is 9.62 Å². The van der Waals surface area contributed by atoms with E-state index in [-0.39, 0.29) is 16.7 Å². The standard InChI is InChI=1S/C19H27N5O2S/c1-24(18-16-6-7-20-17(16)21-12-22-18)14-8-19(9-14)10-15(11-19)27(25,26)23-13-4-2-3-5-13/h6-7,12-15,23H,2-5,8-11H2,1H3,(H,20,21,22). The minimum absolute atomic E-state index is 0.174. The van der Waals surface area contributed by atoms with Gasteiger partial charge in [0.2, 0.25) is 10.0 Å². The van der Waals surface area contributed by atoms with E-state index in [1.807, 2.05) is 12.3 Å². The van der Waals surface area contributed by atoms with Crippen LogP contribution in [-0.4, -0.2) is 47.8 Å². The third-order valence-corrected chi connectivity index (χ3v) is 8.87.